The Kier molecular flexibility index (Phi) is 7.62. The lowest BCUT2D eigenvalue weighted by atomic mass is 9.98. The second-order valence-electron chi connectivity index (χ2n) is 10.9. The van der Waals surface area contributed by atoms with Gasteiger partial charge in [-0.05, 0) is 72.4 Å². The third-order valence-electron chi connectivity index (χ3n) is 7.83. The van der Waals surface area contributed by atoms with E-state index in [0.717, 1.165) is 75.2 Å². The Morgan fingerprint density at radius 1 is 0.833 bits per heavy atom. The first-order valence-electron chi connectivity index (χ1n) is 14.8. The van der Waals surface area contributed by atoms with Gasteiger partial charge < -0.3 is 13.9 Å². The van der Waals surface area contributed by atoms with Crippen molar-refractivity contribution in [3.63, 3.8) is 0 Å². The van der Waals surface area contributed by atoms with Crippen molar-refractivity contribution in [3.8, 4) is 22.5 Å². The summed E-state index contributed by atoms with van der Waals surface area (Å²) in [6.45, 7) is 7.45. The van der Waals surface area contributed by atoms with Gasteiger partial charge in [-0.15, -0.1) is 0 Å². The topological polar surface area (TPSA) is 61.9 Å². The molecule has 6 nitrogen and oxygen atoms in total. The van der Waals surface area contributed by atoms with Gasteiger partial charge in [0.05, 0.1) is 34.2 Å². The molecule has 0 saturated carbocycles. The molecule has 0 aliphatic carbocycles. The van der Waals surface area contributed by atoms with E-state index in [1.165, 1.54) is 5.56 Å². The number of imidazole rings is 2. The number of ether oxygens (including phenoxy) is 1. The van der Waals surface area contributed by atoms with Gasteiger partial charge in [-0.1, -0.05) is 68.4 Å². The fourth-order valence-corrected chi connectivity index (χ4v) is 5.72. The van der Waals surface area contributed by atoms with Gasteiger partial charge >= 0.3 is 5.97 Å². The molecule has 0 N–H and O–H groups in total. The summed E-state index contributed by atoms with van der Waals surface area (Å²) in [6, 6.07) is 28.8. The number of hydrogen-bond acceptors (Lipinski definition) is 4. The number of carbonyl (C=O) groups is 1. The number of hydrogen-bond donors (Lipinski definition) is 0. The first kappa shape index (κ1) is 27.5. The highest BCUT2D eigenvalue weighted by molar-refractivity contribution is 5.97. The monoisotopic (exact) mass is 556 g/mol. The first-order valence-corrected chi connectivity index (χ1v) is 14.8. The van der Waals surface area contributed by atoms with E-state index < -0.39 is 0 Å². The number of benzene rings is 4. The van der Waals surface area contributed by atoms with Crippen LogP contribution in [0.4, 0.5) is 0 Å². The number of aromatic nitrogens is 4. The molecule has 0 radical (unpaired) electrons. The Labute approximate surface area is 246 Å². The highest BCUT2D eigenvalue weighted by Gasteiger charge is 2.18. The molecule has 0 saturated heterocycles. The van der Waals surface area contributed by atoms with Gasteiger partial charge in [-0.2, -0.15) is 0 Å². The van der Waals surface area contributed by atoms with Crippen LogP contribution in [0.1, 0.15) is 54.0 Å². The van der Waals surface area contributed by atoms with Crippen LogP contribution in [-0.2, 0) is 24.8 Å². The predicted molar refractivity (Wildman–Crippen MR) is 170 cm³/mol. The largest absolute Gasteiger partial charge is 0.462 e. The van der Waals surface area contributed by atoms with Crippen molar-refractivity contribution in [3.05, 3.63) is 107 Å². The second kappa shape index (κ2) is 11.6. The van der Waals surface area contributed by atoms with Crippen LogP contribution in [-0.4, -0.2) is 31.7 Å². The molecule has 0 unspecified atom stereocenters. The molecule has 2 heterocycles. The molecule has 6 heteroatoms. The average Bonchev–Trinajstić information content (AvgIpc) is 3.54. The molecule has 0 aliphatic heterocycles. The van der Waals surface area contributed by atoms with Crippen molar-refractivity contribution in [2.24, 2.45) is 7.05 Å². The van der Waals surface area contributed by atoms with Gasteiger partial charge in [0.15, 0.2) is 0 Å². The van der Waals surface area contributed by atoms with Gasteiger partial charge in [-0.3, -0.25) is 0 Å². The standard InChI is InChI=1S/C36H36N4O2/c1-5-11-33-38-34-24(3)21-27(35-37-30-14-9-10-15-31(30)39(35)4)22-32(34)40(33)23-25-16-18-26(19-17-25)28-12-7-8-13-29(28)36(41)42-20-6-2/h7-10,12-19,21-22H,5-6,11,20,23H2,1-4H3. The summed E-state index contributed by atoms with van der Waals surface area (Å²) in [5, 5.41) is 0. The molecule has 0 fully saturated rings. The number of para-hydroxylation sites is 2. The Hall–Kier alpha value is -4.71. The van der Waals surface area contributed by atoms with Crippen LogP contribution in [0.5, 0.6) is 0 Å². The van der Waals surface area contributed by atoms with E-state index in [2.05, 4.69) is 84.6 Å². The van der Waals surface area contributed by atoms with Crippen LogP contribution in [0.3, 0.4) is 0 Å². The smallest absolute Gasteiger partial charge is 0.338 e. The van der Waals surface area contributed by atoms with E-state index >= 15 is 0 Å². The maximum Gasteiger partial charge on any atom is 0.338 e. The zero-order valence-corrected chi connectivity index (χ0v) is 24.7. The summed E-state index contributed by atoms with van der Waals surface area (Å²) < 4.78 is 9.95. The van der Waals surface area contributed by atoms with Crippen molar-refractivity contribution in [1.29, 1.82) is 0 Å². The maximum atomic E-state index is 12.7. The molecule has 0 amide bonds. The fourth-order valence-electron chi connectivity index (χ4n) is 5.72. The molecule has 42 heavy (non-hydrogen) atoms. The molecule has 6 rings (SSSR count). The van der Waals surface area contributed by atoms with E-state index in [0.29, 0.717) is 18.7 Å². The average molecular weight is 557 g/mol. The highest BCUT2D eigenvalue weighted by atomic mass is 16.5. The highest BCUT2D eigenvalue weighted by Crippen LogP contribution is 2.31. The number of carbonyl (C=O) groups excluding carboxylic acids is 1. The zero-order chi connectivity index (χ0) is 29.2. The Bertz CT molecular complexity index is 1900. The van der Waals surface area contributed by atoms with Crippen LogP contribution >= 0.6 is 0 Å². The Balaban J connectivity index is 1.37. The summed E-state index contributed by atoms with van der Waals surface area (Å²) in [5.74, 6) is 1.76. The molecule has 0 bridgehead atoms. The first-order chi connectivity index (χ1) is 20.5. The summed E-state index contributed by atoms with van der Waals surface area (Å²) in [4.78, 5) is 22.8. The zero-order valence-electron chi connectivity index (χ0n) is 24.7. The predicted octanol–water partition coefficient (Wildman–Crippen LogP) is 8.13. The van der Waals surface area contributed by atoms with E-state index in [9.17, 15) is 4.79 Å². The lowest BCUT2D eigenvalue weighted by Gasteiger charge is -2.12. The third-order valence-corrected chi connectivity index (χ3v) is 7.83. The van der Waals surface area contributed by atoms with Gasteiger partial charge in [0, 0.05) is 25.6 Å². The minimum atomic E-state index is -0.280. The van der Waals surface area contributed by atoms with E-state index in [4.69, 9.17) is 14.7 Å². The number of rotatable bonds is 9. The quantitative estimate of drug-likeness (QED) is 0.169. The SMILES string of the molecule is CCCOC(=O)c1ccccc1-c1ccc(Cn2c(CCC)nc3c(C)cc(-c4nc5ccccc5n4C)cc32)cc1. The number of fused-ring (bicyclic) bond motifs is 2. The van der Waals surface area contributed by atoms with Gasteiger partial charge in [0.25, 0.3) is 0 Å². The Morgan fingerprint density at radius 2 is 1.60 bits per heavy atom. The lowest BCUT2D eigenvalue weighted by Crippen LogP contribution is -2.07. The number of esters is 1. The molecule has 6 aromatic rings. The van der Waals surface area contributed by atoms with Crippen LogP contribution in [0.25, 0.3) is 44.6 Å². The van der Waals surface area contributed by atoms with Crippen molar-refractivity contribution < 1.29 is 9.53 Å². The number of aryl methyl sites for hydroxylation is 3. The normalized spacial score (nSPS) is 11.4. The molecule has 4 aromatic carbocycles. The summed E-state index contributed by atoms with van der Waals surface area (Å²) >= 11 is 0. The Morgan fingerprint density at radius 3 is 2.36 bits per heavy atom. The van der Waals surface area contributed by atoms with Gasteiger partial charge in [0.2, 0.25) is 0 Å². The van der Waals surface area contributed by atoms with Gasteiger partial charge in [-0.25, -0.2) is 14.8 Å². The minimum Gasteiger partial charge on any atom is -0.462 e. The second-order valence-corrected chi connectivity index (χ2v) is 10.9. The molecular formula is C36H36N4O2. The summed E-state index contributed by atoms with van der Waals surface area (Å²) in [7, 11) is 2.08. The van der Waals surface area contributed by atoms with Crippen LogP contribution in [0.2, 0.25) is 0 Å². The minimum absolute atomic E-state index is 0.280. The van der Waals surface area contributed by atoms with Crippen LogP contribution in [0, 0.1) is 6.92 Å². The molecular weight excluding hydrogens is 520 g/mol. The molecule has 212 valence electrons. The van der Waals surface area contributed by atoms with Crippen molar-refractivity contribution in [2.45, 2.75) is 46.6 Å². The summed E-state index contributed by atoms with van der Waals surface area (Å²) in [5.41, 5.74) is 10.1. The van der Waals surface area contributed by atoms with E-state index in [1.54, 1.807) is 0 Å². The van der Waals surface area contributed by atoms with Crippen LogP contribution < -0.4 is 0 Å². The van der Waals surface area contributed by atoms with E-state index in [-0.39, 0.29) is 5.97 Å². The molecule has 0 spiro atoms. The molecule has 0 aliphatic rings. The number of nitrogens with zero attached hydrogens (tertiary/aromatic N) is 4. The molecule has 0 atom stereocenters. The van der Waals surface area contributed by atoms with Crippen molar-refractivity contribution in [1.82, 2.24) is 19.1 Å². The maximum absolute atomic E-state index is 12.7. The van der Waals surface area contributed by atoms with Crippen molar-refractivity contribution >= 4 is 28.0 Å². The fraction of sp³-hybridized carbons (Fsp3) is 0.250. The lowest BCUT2D eigenvalue weighted by molar-refractivity contribution is 0.0506. The van der Waals surface area contributed by atoms with Crippen molar-refractivity contribution in [2.75, 3.05) is 6.61 Å². The molecule has 2 aromatic heterocycles. The summed E-state index contributed by atoms with van der Waals surface area (Å²) in [6.07, 6.45) is 2.72. The van der Waals surface area contributed by atoms with Gasteiger partial charge in [0.1, 0.15) is 11.6 Å². The van der Waals surface area contributed by atoms with E-state index in [1.807, 2.05) is 37.3 Å². The van der Waals surface area contributed by atoms with Crippen LogP contribution in [0.15, 0.2) is 84.9 Å². The third kappa shape index (κ3) is 5.09.